The molecule has 1 saturated heterocycles. The SMILES string of the molecule is CNC(=O)C1COCCN1Cc1ccc(C#N)cc1F. The fourth-order valence-electron chi connectivity index (χ4n) is 2.20. The van der Waals surface area contributed by atoms with Gasteiger partial charge >= 0.3 is 0 Å². The second-order valence-corrected chi connectivity index (χ2v) is 4.59. The van der Waals surface area contributed by atoms with Crippen molar-refractivity contribution >= 4 is 5.91 Å². The number of ether oxygens (including phenoxy) is 1. The average molecular weight is 277 g/mol. The number of benzene rings is 1. The predicted octanol–water partition coefficient (Wildman–Crippen LogP) is 0.644. The first kappa shape index (κ1) is 14.4. The summed E-state index contributed by atoms with van der Waals surface area (Å²) >= 11 is 0. The molecule has 0 saturated carbocycles. The van der Waals surface area contributed by atoms with E-state index < -0.39 is 11.9 Å². The van der Waals surface area contributed by atoms with Gasteiger partial charge in [0.25, 0.3) is 0 Å². The van der Waals surface area contributed by atoms with E-state index in [1.54, 1.807) is 19.2 Å². The third-order valence-corrected chi connectivity index (χ3v) is 3.34. The average Bonchev–Trinajstić information content (AvgIpc) is 2.49. The Bertz CT molecular complexity index is 542. The zero-order valence-electron chi connectivity index (χ0n) is 11.2. The summed E-state index contributed by atoms with van der Waals surface area (Å²) in [4.78, 5) is 13.7. The van der Waals surface area contributed by atoms with E-state index in [4.69, 9.17) is 10.00 Å². The molecule has 1 amide bonds. The maximum atomic E-state index is 13.9. The van der Waals surface area contributed by atoms with Crippen LogP contribution in [0.2, 0.25) is 0 Å². The number of halogens is 1. The Balaban J connectivity index is 2.15. The van der Waals surface area contributed by atoms with E-state index in [0.29, 0.717) is 31.9 Å². The van der Waals surface area contributed by atoms with E-state index >= 15 is 0 Å². The van der Waals surface area contributed by atoms with Crippen molar-refractivity contribution in [2.45, 2.75) is 12.6 Å². The highest BCUT2D eigenvalue weighted by Gasteiger charge is 2.29. The van der Waals surface area contributed by atoms with Gasteiger partial charge in [0.15, 0.2) is 0 Å². The molecule has 0 aromatic heterocycles. The number of hydrogen-bond donors (Lipinski definition) is 1. The lowest BCUT2D eigenvalue weighted by Crippen LogP contribution is -2.52. The zero-order valence-corrected chi connectivity index (χ0v) is 11.2. The lowest BCUT2D eigenvalue weighted by molar-refractivity contribution is -0.132. The minimum absolute atomic E-state index is 0.140. The van der Waals surface area contributed by atoms with Gasteiger partial charge in [0, 0.05) is 25.7 Å². The summed E-state index contributed by atoms with van der Waals surface area (Å²) in [5, 5.41) is 11.3. The normalized spacial score (nSPS) is 19.4. The molecule has 1 atom stereocenters. The fraction of sp³-hybridized carbons (Fsp3) is 0.429. The Kier molecular flexibility index (Phi) is 4.66. The number of carbonyl (C=O) groups excluding carboxylic acids is 1. The minimum atomic E-state index is -0.425. The van der Waals surface area contributed by atoms with Gasteiger partial charge in [-0.05, 0) is 12.1 Å². The van der Waals surface area contributed by atoms with E-state index in [2.05, 4.69) is 5.32 Å². The summed E-state index contributed by atoms with van der Waals surface area (Å²) in [5.74, 6) is -0.565. The van der Waals surface area contributed by atoms with Gasteiger partial charge in [-0.15, -0.1) is 0 Å². The molecule has 2 rings (SSSR count). The molecule has 1 heterocycles. The summed E-state index contributed by atoms with van der Waals surface area (Å²) in [5.41, 5.74) is 0.760. The Labute approximate surface area is 116 Å². The smallest absolute Gasteiger partial charge is 0.239 e. The zero-order chi connectivity index (χ0) is 14.5. The van der Waals surface area contributed by atoms with Gasteiger partial charge in [0.1, 0.15) is 11.9 Å². The van der Waals surface area contributed by atoms with Crippen molar-refractivity contribution in [2.75, 3.05) is 26.8 Å². The van der Waals surface area contributed by atoms with Gasteiger partial charge < -0.3 is 10.1 Å². The molecule has 1 fully saturated rings. The summed E-state index contributed by atoms with van der Waals surface area (Å²) in [6.45, 7) is 1.71. The Morgan fingerprint density at radius 3 is 3.10 bits per heavy atom. The molecule has 20 heavy (non-hydrogen) atoms. The van der Waals surface area contributed by atoms with E-state index in [1.165, 1.54) is 6.07 Å². The van der Waals surface area contributed by atoms with Crippen LogP contribution in [0.3, 0.4) is 0 Å². The molecule has 1 aromatic rings. The molecule has 106 valence electrons. The molecule has 1 aliphatic rings. The van der Waals surface area contributed by atoms with Gasteiger partial charge in [0.05, 0.1) is 24.8 Å². The lowest BCUT2D eigenvalue weighted by Gasteiger charge is -2.34. The van der Waals surface area contributed by atoms with Crippen LogP contribution < -0.4 is 5.32 Å². The monoisotopic (exact) mass is 277 g/mol. The number of amides is 1. The second-order valence-electron chi connectivity index (χ2n) is 4.59. The summed E-state index contributed by atoms with van der Waals surface area (Å²) in [6, 6.07) is 5.86. The van der Waals surface area contributed by atoms with Crippen molar-refractivity contribution < 1.29 is 13.9 Å². The standard InChI is InChI=1S/C14H16FN3O2/c1-17-14(19)13-9-20-5-4-18(13)8-11-3-2-10(7-16)6-12(11)15/h2-3,6,13H,4-5,8-9H2,1H3,(H,17,19). The number of rotatable bonds is 3. The van der Waals surface area contributed by atoms with Gasteiger partial charge in [0.2, 0.25) is 5.91 Å². The molecular formula is C14H16FN3O2. The first-order chi connectivity index (χ1) is 9.65. The molecule has 0 spiro atoms. The molecule has 1 N–H and O–H groups in total. The van der Waals surface area contributed by atoms with Crippen LogP contribution in [0.15, 0.2) is 18.2 Å². The molecule has 1 aliphatic heterocycles. The summed E-state index contributed by atoms with van der Waals surface area (Å²) in [6.07, 6.45) is 0. The Morgan fingerprint density at radius 1 is 1.65 bits per heavy atom. The van der Waals surface area contributed by atoms with E-state index in [1.807, 2.05) is 11.0 Å². The van der Waals surface area contributed by atoms with Gasteiger partial charge in [-0.3, -0.25) is 9.69 Å². The first-order valence-electron chi connectivity index (χ1n) is 6.37. The lowest BCUT2D eigenvalue weighted by atomic mass is 10.1. The van der Waals surface area contributed by atoms with Crippen LogP contribution in [0.4, 0.5) is 4.39 Å². The van der Waals surface area contributed by atoms with Crippen LogP contribution in [0.1, 0.15) is 11.1 Å². The van der Waals surface area contributed by atoms with Crippen LogP contribution in [0, 0.1) is 17.1 Å². The van der Waals surface area contributed by atoms with Gasteiger partial charge in [-0.1, -0.05) is 6.07 Å². The topological polar surface area (TPSA) is 65.4 Å². The second kappa shape index (κ2) is 6.46. The van der Waals surface area contributed by atoms with Crippen molar-refractivity contribution in [3.63, 3.8) is 0 Å². The number of morpholine rings is 1. The third-order valence-electron chi connectivity index (χ3n) is 3.34. The quantitative estimate of drug-likeness (QED) is 0.880. The largest absolute Gasteiger partial charge is 0.378 e. The van der Waals surface area contributed by atoms with Crippen LogP contribution in [-0.2, 0) is 16.1 Å². The fourth-order valence-corrected chi connectivity index (χ4v) is 2.20. The number of likely N-dealkylation sites (N-methyl/N-ethyl adjacent to an activating group) is 1. The van der Waals surface area contributed by atoms with Crippen molar-refractivity contribution in [1.82, 2.24) is 10.2 Å². The first-order valence-corrected chi connectivity index (χ1v) is 6.37. The maximum Gasteiger partial charge on any atom is 0.239 e. The highest BCUT2D eigenvalue weighted by Crippen LogP contribution is 2.16. The molecule has 6 heteroatoms. The van der Waals surface area contributed by atoms with Crippen LogP contribution >= 0.6 is 0 Å². The minimum Gasteiger partial charge on any atom is -0.378 e. The molecular weight excluding hydrogens is 261 g/mol. The van der Waals surface area contributed by atoms with E-state index in [-0.39, 0.29) is 11.5 Å². The number of nitrogens with one attached hydrogen (secondary N) is 1. The van der Waals surface area contributed by atoms with Crippen LogP contribution in [0.25, 0.3) is 0 Å². The van der Waals surface area contributed by atoms with Crippen LogP contribution in [0.5, 0.6) is 0 Å². The van der Waals surface area contributed by atoms with E-state index in [9.17, 15) is 9.18 Å². The third kappa shape index (κ3) is 3.13. The van der Waals surface area contributed by atoms with E-state index in [0.717, 1.165) is 0 Å². The predicted molar refractivity (Wildman–Crippen MR) is 70.2 cm³/mol. The Hall–Kier alpha value is -1.97. The molecule has 1 unspecified atom stereocenters. The van der Waals surface area contributed by atoms with Crippen molar-refractivity contribution in [3.8, 4) is 6.07 Å². The summed E-state index contributed by atoms with van der Waals surface area (Å²) in [7, 11) is 1.57. The highest BCUT2D eigenvalue weighted by atomic mass is 19.1. The van der Waals surface area contributed by atoms with Crippen molar-refractivity contribution in [3.05, 3.63) is 35.1 Å². The van der Waals surface area contributed by atoms with Gasteiger partial charge in [-0.25, -0.2) is 4.39 Å². The number of hydrogen-bond acceptors (Lipinski definition) is 4. The molecule has 0 radical (unpaired) electrons. The summed E-state index contributed by atoms with van der Waals surface area (Å²) < 4.78 is 19.2. The number of carbonyl (C=O) groups is 1. The molecule has 0 bridgehead atoms. The van der Waals surface area contributed by atoms with Crippen molar-refractivity contribution in [1.29, 1.82) is 5.26 Å². The molecule has 1 aromatic carbocycles. The Morgan fingerprint density at radius 2 is 2.45 bits per heavy atom. The maximum absolute atomic E-state index is 13.9. The van der Waals surface area contributed by atoms with Crippen LogP contribution in [-0.4, -0.2) is 43.7 Å². The molecule has 5 nitrogen and oxygen atoms in total. The van der Waals surface area contributed by atoms with Gasteiger partial charge in [-0.2, -0.15) is 5.26 Å². The molecule has 0 aliphatic carbocycles. The van der Waals surface area contributed by atoms with Crippen molar-refractivity contribution in [2.24, 2.45) is 0 Å². The highest BCUT2D eigenvalue weighted by molar-refractivity contribution is 5.81. The number of nitriles is 1. The number of nitrogens with zero attached hydrogens (tertiary/aromatic N) is 2.